The van der Waals surface area contributed by atoms with Crippen molar-refractivity contribution in [2.24, 2.45) is 5.41 Å². The normalized spacial score (nSPS) is 26.0. The van der Waals surface area contributed by atoms with Gasteiger partial charge in [0.25, 0.3) is 0 Å². The minimum Gasteiger partial charge on any atom is -0.481 e. The summed E-state index contributed by atoms with van der Waals surface area (Å²) < 4.78 is 5.04. The number of ether oxygens (including phenoxy) is 1. The molecule has 1 N–H and O–H groups in total. The van der Waals surface area contributed by atoms with Gasteiger partial charge in [0.05, 0.1) is 5.41 Å². The summed E-state index contributed by atoms with van der Waals surface area (Å²) in [5, 5.41) is 9.46. The van der Waals surface area contributed by atoms with Gasteiger partial charge in [0.1, 0.15) is 0 Å². The summed E-state index contributed by atoms with van der Waals surface area (Å²) in [6, 6.07) is 0. The number of carboxylic acids is 1. The maximum absolute atomic E-state index is 11.5. The molecule has 0 spiro atoms. The summed E-state index contributed by atoms with van der Waals surface area (Å²) in [6.45, 7) is 5.51. The molecule has 0 aromatic rings. The molecule has 0 aliphatic carbocycles. The molecular formula is C13H25NO3. The zero-order valence-corrected chi connectivity index (χ0v) is 11.1. The number of hydrogen-bond donors (Lipinski definition) is 1. The number of likely N-dealkylation sites (tertiary alicyclic amines) is 1. The van der Waals surface area contributed by atoms with Gasteiger partial charge >= 0.3 is 5.97 Å². The SMILES string of the molecule is CCCC1(C(=O)O)CCCN(CCCOC)C1. The van der Waals surface area contributed by atoms with Crippen LogP contribution in [0.4, 0.5) is 0 Å². The Kier molecular flexibility index (Phi) is 5.92. The van der Waals surface area contributed by atoms with Crippen molar-refractivity contribution in [3.8, 4) is 0 Å². The minimum atomic E-state index is -0.615. The number of aliphatic carboxylic acids is 1. The molecule has 0 aromatic heterocycles. The molecule has 4 heteroatoms. The van der Waals surface area contributed by atoms with E-state index in [1.165, 1.54) is 0 Å². The Hall–Kier alpha value is -0.610. The molecule has 0 radical (unpaired) electrons. The van der Waals surface area contributed by atoms with Crippen molar-refractivity contribution in [3.05, 3.63) is 0 Å². The third-order valence-corrected chi connectivity index (χ3v) is 3.66. The lowest BCUT2D eigenvalue weighted by atomic mass is 9.76. The Balaban J connectivity index is 2.52. The molecule has 0 aromatic carbocycles. The third-order valence-electron chi connectivity index (χ3n) is 3.66. The molecule has 1 aliphatic heterocycles. The first-order valence-corrected chi connectivity index (χ1v) is 6.59. The van der Waals surface area contributed by atoms with Crippen molar-refractivity contribution in [2.75, 3.05) is 33.4 Å². The largest absolute Gasteiger partial charge is 0.481 e. The van der Waals surface area contributed by atoms with Crippen molar-refractivity contribution >= 4 is 5.97 Å². The van der Waals surface area contributed by atoms with Crippen LogP contribution in [-0.4, -0.2) is 49.3 Å². The van der Waals surface area contributed by atoms with E-state index in [0.717, 1.165) is 51.8 Å². The lowest BCUT2D eigenvalue weighted by Crippen LogP contribution is -2.48. The van der Waals surface area contributed by atoms with Gasteiger partial charge in [-0.05, 0) is 32.2 Å². The summed E-state index contributed by atoms with van der Waals surface area (Å²) in [6.07, 6.45) is 4.55. The first-order valence-electron chi connectivity index (χ1n) is 6.59. The van der Waals surface area contributed by atoms with Crippen LogP contribution in [0.25, 0.3) is 0 Å². The van der Waals surface area contributed by atoms with E-state index in [2.05, 4.69) is 11.8 Å². The van der Waals surface area contributed by atoms with Crippen LogP contribution in [0.5, 0.6) is 0 Å². The lowest BCUT2D eigenvalue weighted by Gasteiger charge is -2.40. The maximum Gasteiger partial charge on any atom is 0.310 e. The average molecular weight is 243 g/mol. The van der Waals surface area contributed by atoms with E-state index in [1.807, 2.05) is 0 Å². The van der Waals surface area contributed by atoms with Gasteiger partial charge in [-0.15, -0.1) is 0 Å². The molecule has 0 saturated carbocycles. The summed E-state index contributed by atoms with van der Waals surface area (Å²) in [5.41, 5.74) is -0.500. The Bertz CT molecular complexity index is 241. The van der Waals surface area contributed by atoms with E-state index in [9.17, 15) is 9.90 Å². The van der Waals surface area contributed by atoms with Crippen LogP contribution in [0, 0.1) is 5.41 Å². The van der Waals surface area contributed by atoms with Gasteiger partial charge in [0, 0.05) is 26.8 Å². The standard InChI is InChI=1S/C13H25NO3/c1-3-6-13(12(15)16)7-4-8-14(11-13)9-5-10-17-2/h3-11H2,1-2H3,(H,15,16). The fourth-order valence-corrected chi connectivity index (χ4v) is 2.81. The van der Waals surface area contributed by atoms with E-state index in [1.54, 1.807) is 7.11 Å². The van der Waals surface area contributed by atoms with Gasteiger partial charge in [-0.2, -0.15) is 0 Å². The van der Waals surface area contributed by atoms with E-state index >= 15 is 0 Å². The summed E-state index contributed by atoms with van der Waals surface area (Å²) in [7, 11) is 1.70. The summed E-state index contributed by atoms with van der Waals surface area (Å²) in [4.78, 5) is 13.8. The molecule has 4 nitrogen and oxygen atoms in total. The fourth-order valence-electron chi connectivity index (χ4n) is 2.81. The van der Waals surface area contributed by atoms with Crippen LogP contribution in [0.2, 0.25) is 0 Å². The maximum atomic E-state index is 11.5. The number of carbonyl (C=O) groups is 1. The number of rotatable bonds is 7. The van der Waals surface area contributed by atoms with Crippen molar-refractivity contribution in [3.63, 3.8) is 0 Å². The van der Waals surface area contributed by atoms with E-state index in [4.69, 9.17) is 4.74 Å². The second-order valence-corrected chi connectivity index (χ2v) is 5.06. The van der Waals surface area contributed by atoms with Crippen LogP contribution in [0.3, 0.4) is 0 Å². The van der Waals surface area contributed by atoms with Crippen LogP contribution in [-0.2, 0) is 9.53 Å². The van der Waals surface area contributed by atoms with Gasteiger partial charge < -0.3 is 14.7 Å². The zero-order chi connectivity index (χ0) is 12.7. The molecule has 0 bridgehead atoms. The van der Waals surface area contributed by atoms with E-state index < -0.39 is 11.4 Å². The highest BCUT2D eigenvalue weighted by molar-refractivity contribution is 5.75. The number of carboxylic acid groups (broad SMARTS) is 1. The third kappa shape index (κ3) is 3.96. The molecule has 0 amide bonds. The van der Waals surface area contributed by atoms with E-state index in [-0.39, 0.29) is 0 Å². The monoisotopic (exact) mass is 243 g/mol. The Morgan fingerprint density at radius 2 is 2.29 bits per heavy atom. The predicted octanol–water partition coefficient (Wildman–Crippen LogP) is 1.99. The van der Waals surface area contributed by atoms with Gasteiger partial charge in [-0.1, -0.05) is 13.3 Å². The highest BCUT2D eigenvalue weighted by Gasteiger charge is 2.41. The molecule has 1 unspecified atom stereocenters. The molecule has 1 saturated heterocycles. The van der Waals surface area contributed by atoms with Crippen molar-refractivity contribution < 1.29 is 14.6 Å². The van der Waals surface area contributed by atoms with Crippen molar-refractivity contribution in [1.29, 1.82) is 0 Å². The topological polar surface area (TPSA) is 49.8 Å². The lowest BCUT2D eigenvalue weighted by molar-refractivity contribution is -0.153. The van der Waals surface area contributed by atoms with Crippen molar-refractivity contribution in [2.45, 2.75) is 39.0 Å². The highest BCUT2D eigenvalue weighted by atomic mass is 16.5. The smallest absolute Gasteiger partial charge is 0.310 e. The second-order valence-electron chi connectivity index (χ2n) is 5.06. The second kappa shape index (κ2) is 6.97. The van der Waals surface area contributed by atoms with E-state index in [0.29, 0.717) is 6.54 Å². The molecule has 1 aliphatic rings. The Morgan fingerprint density at radius 3 is 2.88 bits per heavy atom. The number of hydrogen-bond acceptors (Lipinski definition) is 3. The van der Waals surface area contributed by atoms with Crippen LogP contribution < -0.4 is 0 Å². The molecule has 1 rings (SSSR count). The van der Waals surface area contributed by atoms with Crippen LogP contribution in [0.15, 0.2) is 0 Å². The molecule has 1 heterocycles. The predicted molar refractivity (Wildman–Crippen MR) is 67.1 cm³/mol. The average Bonchev–Trinajstić information content (AvgIpc) is 2.30. The Morgan fingerprint density at radius 1 is 1.53 bits per heavy atom. The van der Waals surface area contributed by atoms with Gasteiger partial charge in [0.2, 0.25) is 0 Å². The summed E-state index contributed by atoms with van der Waals surface area (Å²) >= 11 is 0. The van der Waals surface area contributed by atoms with Crippen LogP contribution >= 0.6 is 0 Å². The molecular weight excluding hydrogens is 218 g/mol. The van der Waals surface area contributed by atoms with Gasteiger partial charge in [0.15, 0.2) is 0 Å². The first kappa shape index (κ1) is 14.5. The molecule has 1 fully saturated rings. The Labute approximate surface area is 104 Å². The summed E-state index contributed by atoms with van der Waals surface area (Å²) in [5.74, 6) is -0.615. The quantitative estimate of drug-likeness (QED) is 0.695. The minimum absolute atomic E-state index is 0.500. The number of methoxy groups -OCH3 is 1. The number of nitrogens with zero attached hydrogens (tertiary/aromatic N) is 1. The van der Waals surface area contributed by atoms with Crippen molar-refractivity contribution in [1.82, 2.24) is 4.90 Å². The number of piperidine rings is 1. The molecule has 100 valence electrons. The molecule has 17 heavy (non-hydrogen) atoms. The van der Waals surface area contributed by atoms with Gasteiger partial charge in [-0.3, -0.25) is 4.79 Å². The van der Waals surface area contributed by atoms with Crippen LogP contribution in [0.1, 0.15) is 39.0 Å². The zero-order valence-electron chi connectivity index (χ0n) is 11.1. The fraction of sp³-hybridized carbons (Fsp3) is 0.923. The highest BCUT2D eigenvalue weighted by Crippen LogP contribution is 2.35. The molecule has 1 atom stereocenters. The first-order chi connectivity index (χ1) is 8.14. The van der Waals surface area contributed by atoms with Gasteiger partial charge in [-0.25, -0.2) is 0 Å².